The van der Waals surface area contributed by atoms with Crippen molar-refractivity contribution in [2.75, 3.05) is 47.8 Å². The fourth-order valence-corrected chi connectivity index (χ4v) is 0.975. The van der Waals surface area contributed by atoms with Crippen LogP contribution in [0.1, 0.15) is 13.3 Å². The second-order valence-electron chi connectivity index (χ2n) is 4.28. The Morgan fingerprint density at radius 1 is 1.07 bits per heavy atom. The first-order chi connectivity index (χ1) is 6.54. The maximum Gasteiger partial charge on any atom is 0.0253 e. The molecule has 0 fully saturated rings. The number of hydrazine groups is 1. The third-order valence-corrected chi connectivity index (χ3v) is 2.31. The molecule has 0 aromatic heterocycles. The van der Waals surface area contributed by atoms with E-state index >= 15 is 0 Å². The summed E-state index contributed by atoms with van der Waals surface area (Å²) in [5, 5.41) is 0. The zero-order chi connectivity index (χ0) is 11.0. The van der Waals surface area contributed by atoms with Gasteiger partial charge in [0.15, 0.2) is 0 Å². The summed E-state index contributed by atoms with van der Waals surface area (Å²) in [6, 6.07) is 0.566. The Hall–Kier alpha value is -0.160. The predicted octanol–water partition coefficient (Wildman–Crippen LogP) is -0.0176. The summed E-state index contributed by atoms with van der Waals surface area (Å²) in [4.78, 5) is 4.40. The van der Waals surface area contributed by atoms with Gasteiger partial charge in [-0.15, -0.1) is 0 Å². The predicted molar refractivity (Wildman–Crippen MR) is 62.3 cm³/mol. The standard InChI is InChI=1S/C10H26N4/c1-10(14(4)5)9-12-11-7-6-8-13(2)3/h10-12H,6-9H2,1-5H3. The topological polar surface area (TPSA) is 30.5 Å². The van der Waals surface area contributed by atoms with E-state index in [2.05, 4.69) is 55.8 Å². The van der Waals surface area contributed by atoms with Crippen molar-refractivity contribution in [1.82, 2.24) is 20.7 Å². The first-order valence-corrected chi connectivity index (χ1v) is 5.31. The van der Waals surface area contributed by atoms with E-state index in [1.807, 2.05) is 0 Å². The van der Waals surface area contributed by atoms with Gasteiger partial charge in [-0.05, 0) is 48.1 Å². The van der Waals surface area contributed by atoms with Gasteiger partial charge in [0.05, 0.1) is 0 Å². The average molecular weight is 202 g/mol. The SMILES string of the molecule is CC(CNNCCCN(C)C)N(C)C. The van der Waals surface area contributed by atoms with Crippen molar-refractivity contribution < 1.29 is 0 Å². The van der Waals surface area contributed by atoms with Gasteiger partial charge < -0.3 is 9.80 Å². The van der Waals surface area contributed by atoms with E-state index in [1.54, 1.807) is 0 Å². The van der Waals surface area contributed by atoms with Gasteiger partial charge in [-0.1, -0.05) is 0 Å². The number of nitrogens with one attached hydrogen (secondary N) is 2. The van der Waals surface area contributed by atoms with E-state index in [0.717, 1.165) is 19.6 Å². The molecule has 0 aliphatic rings. The summed E-state index contributed by atoms with van der Waals surface area (Å²) < 4.78 is 0. The van der Waals surface area contributed by atoms with Gasteiger partial charge in [-0.2, -0.15) is 0 Å². The minimum absolute atomic E-state index is 0.566. The molecule has 1 atom stereocenters. The highest BCUT2D eigenvalue weighted by Crippen LogP contribution is 1.86. The molecular weight excluding hydrogens is 176 g/mol. The van der Waals surface area contributed by atoms with Crippen molar-refractivity contribution in [1.29, 1.82) is 0 Å². The molecule has 0 aromatic rings. The van der Waals surface area contributed by atoms with Gasteiger partial charge in [0.2, 0.25) is 0 Å². The molecule has 0 amide bonds. The molecule has 14 heavy (non-hydrogen) atoms. The van der Waals surface area contributed by atoms with Crippen LogP contribution < -0.4 is 10.9 Å². The van der Waals surface area contributed by atoms with Crippen LogP contribution in [0.25, 0.3) is 0 Å². The van der Waals surface area contributed by atoms with Crippen LogP contribution in [0.4, 0.5) is 0 Å². The van der Waals surface area contributed by atoms with E-state index in [0.29, 0.717) is 6.04 Å². The van der Waals surface area contributed by atoms with Gasteiger partial charge in [-0.25, -0.2) is 0 Å². The summed E-state index contributed by atoms with van der Waals surface area (Å²) in [7, 11) is 8.39. The molecular formula is C10H26N4. The zero-order valence-electron chi connectivity index (χ0n) is 10.3. The van der Waals surface area contributed by atoms with Crippen LogP contribution in [0, 0.1) is 0 Å². The van der Waals surface area contributed by atoms with Gasteiger partial charge in [0, 0.05) is 19.1 Å². The highest BCUT2D eigenvalue weighted by atomic mass is 15.4. The third kappa shape index (κ3) is 8.44. The Balaban J connectivity index is 3.13. The Kier molecular flexibility index (Phi) is 8.08. The monoisotopic (exact) mass is 202 g/mol. The van der Waals surface area contributed by atoms with Gasteiger partial charge in [-0.3, -0.25) is 10.9 Å². The highest BCUT2D eigenvalue weighted by Gasteiger charge is 2.01. The summed E-state index contributed by atoms with van der Waals surface area (Å²) in [5.41, 5.74) is 6.45. The van der Waals surface area contributed by atoms with E-state index in [4.69, 9.17) is 0 Å². The van der Waals surface area contributed by atoms with Gasteiger partial charge in [0.1, 0.15) is 0 Å². The Morgan fingerprint density at radius 2 is 1.71 bits per heavy atom. The van der Waals surface area contributed by atoms with Crippen molar-refractivity contribution >= 4 is 0 Å². The molecule has 0 radical (unpaired) electrons. The molecule has 1 unspecified atom stereocenters. The number of nitrogens with zero attached hydrogens (tertiary/aromatic N) is 2. The molecule has 0 bridgehead atoms. The Labute approximate surface area is 88.6 Å². The molecule has 4 nitrogen and oxygen atoms in total. The number of hydrogen-bond donors (Lipinski definition) is 2. The lowest BCUT2D eigenvalue weighted by molar-refractivity contribution is 0.289. The van der Waals surface area contributed by atoms with Gasteiger partial charge in [0.25, 0.3) is 0 Å². The van der Waals surface area contributed by atoms with Crippen molar-refractivity contribution in [2.45, 2.75) is 19.4 Å². The smallest absolute Gasteiger partial charge is 0.0253 e. The highest BCUT2D eigenvalue weighted by molar-refractivity contribution is 4.60. The summed E-state index contributed by atoms with van der Waals surface area (Å²) in [5.74, 6) is 0. The van der Waals surface area contributed by atoms with Crippen LogP contribution in [-0.4, -0.2) is 63.7 Å². The molecule has 0 saturated heterocycles. The second kappa shape index (κ2) is 8.17. The molecule has 2 N–H and O–H groups in total. The minimum Gasteiger partial charge on any atom is -0.309 e. The van der Waals surface area contributed by atoms with E-state index in [9.17, 15) is 0 Å². The quantitative estimate of drug-likeness (QED) is 0.428. The minimum atomic E-state index is 0.566. The van der Waals surface area contributed by atoms with Crippen LogP contribution in [0.5, 0.6) is 0 Å². The molecule has 0 aliphatic heterocycles. The number of rotatable bonds is 8. The molecule has 0 heterocycles. The second-order valence-corrected chi connectivity index (χ2v) is 4.28. The molecule has 86 valence electrons. The van der Waals surface area contributed by atoms with E-state index < -0.39 is 0 Å². The van der Waals surface area contributed by atoms with Crippen LogP contribution in [0.15, 0.2) is 0 Å². The molecule has 0 rings (SSSR count). The Bertz CT molecular complexity index is 125. The molecule has 0 aliphatic carbocycles. The van der Waals surface area contributed by atoms with Crippen molar-refractivity contribution in [3.8, 4) is 0 Å². The maximum absolute atomic E-state index is 3.23. The van der Waals surface area contributed by atoms with Crippen LogP contribution in [0.3, 0.4) is 0 Å². The van der Waals surface area contributed by atoms with Crippen LogP contribution >= 0.6 is 0 Å². The molecule has 0 spiro atoms. The lowest BCUT2D eigenvalue weighted by atomic mass is 10.3. The zero-order valence-corrected chi connectivity index (χ0v) is 10.3. The van der Waals surface area contributed by atoms with Crippen molar-refractivity contribution in [2.24, 2.45) is 0 Å². The number of hydrogen-bond acceptors (Lipinski definition) is 4. The summed E-state index contributed by atoms with van der Waals surface area (Å²) in [6.07, 6.45) is 1.18. The maximum atomic E-state index is 3.23. The molecule has 4 heteroatoms. The largest absolute Gasteiger partial charge is 0.309 e. The molecule has 0 aromatic carbocycles. The average Bonchev–Trinajstić information content (AvgIpc) is 2.09. The lowest BCUT2D eigenvalue weighted by Gasteiger charge is -2.20. The van der Waals surface area contributed by atoms with Crippen LogP contribution in [0.2, 0.25) is 0 Å². The van der Waals surface area contributed by atoms with Crippen molar-refractivity contribution in [3.05, 3.63) is 0 Å². The first-order valence-electron chi connectivity index (χ1n) is 5.31. The normalized spacial score (nSPS) is 13.9. The molecule has 0 saturated carbocycles. The lowest BCUT2D eigenvalue weighted by Crippen LogP contribution is -2.42. The van der Waals surface area contributed by atoms with Crippen molar-refractivity contribution in [3.63, 3.8) is 0 Å². The summed E-state index contributed by atoms with van der Waals surface area (Å²) >= 11 is 0. The third-order valence-electron chi connectivity index (χ3n) is 2.31. The Morgan fingerprint density at radius 3 is 2.21 bits per heavy atom. The fraction of sp³-hybridized carbons (Fsp3) is 1.00. The first kappa shape index (κ1) is 13.8. The van der Waals surface area contributed by atoms with Gasteiger partial charge >= 0.3 is 0 Å². The fourth-order valence-electron chi connectivity index (χ4n) is 0.975. The van der Waals surface area contributed by atoms with E-state index in [-0.39, 0.29) is 0 Å². The summed E-state index contributed by atoms with van der Waals surface area (Å²) in [6.45, 7) is 5.35. The van der Waals surface area contributed by atoms with Crippen LogP contribution in [-0.2, 0) is 0 Å². The number of likely N-dealkylation sites (N-methyl/N-ethyl adjacent to an activating group) is 1. The van der Waals surface area contributed by atoms with E-state index in [1.165, 1.54) is 6.42 Å².